The first kappa shape index (κ1) is 21.7. The van der Waals surface area contributed by atoms with Gasteiger partial charge in [-0.2, -0.15) is 10.1 Å². The molecule has 2 aromatic heterocycles. The minimum atomic E-state index is 0.135. The van der Waals surface area contributed by atoms with Crippen LogP contribution in [0.1, 0.15) is 42.6 Å². The maximum Gasteiger partial charge on any atom is 0.228 e. The van der Waals surface area contributed by atoms with Gasteiger partial charge in [0.15, 0.2) is 5.78 Å². The number of ketones is 1. The largest absolute Gasteiger partial charge is 0.378 e. The van der Waals surface area contributed by atoms with Crippen molar-refractivity contribution < 1.29 is 9.53 Å². The second-order valence-corrected chi connectivity index (χ2v) is 9.11. The number of hydrogen-bond donors (Lipinski definition) is 1. The molecule has 0 bridgehead atoms. The van der Waals surface area contributed by atoms with E-state index in [4.69, 9.17) is 14.7 Å². The molecular formula is C27H28N6O2. The first-order valence-electron chi connectivity index (χ1n) is 12.3. The fourth-order valence-electron chi connectivity index (χ4n) is 4.47. The van der Waals surface area contributed by atoms with E-state index in [1.807, 2.05) is 43.5 Å². The monoisotopic (exact) mass is 468 g/mol. The van der Waals surface area contributed by atoms with Crippen LogP contribution in [0.5, 0.6) is 0 Å². The lowest BCUT2D eigenvalue weighted by Crippen LogP contribution is -2.37. The lowest BCUT2D eigenvalue weighted by Gasteiger charge is -2.27. The molecule has 2 aliphatic rings. The summed E-state index contributed by atoms with van der Waals surface area (Å²) in [6, 6.07) is 16.5. The van der Waals surface area contributed by atoms with Gasteiger partial charge in [0.05, 0.1) is 36.7 Å². The molecule has 35 heavy (non-hydrogen) atoms. The van der Waals surface area contributed by atoms with Gasteiger partial charge >= 0.3 is 0 Å². The Morgan fingerprint density at radius 1 is 1.06 bits per heavy atom. The van der Waals surface area contributed by atoms with Crippen molar-refractivity contribution in [3.63, 3.8) is 0 Å². The molecule has 178 valence electrons. The van der Waals surface area contributed by atoms with Crippen molar-refractivity contribution in [3.05, 3.63) is 60.3 Å². The van der Waals surface area contributed by atoms with Crippen LogP contribution >= 0.6 is 0 Å². The quantitative estimate of drug-likeness (QED) is 0.382. The van der Waals surface area contributed by atoms with Crippen LogP contribution in [0.25, 0.3) is 22.2 Å². The highest BCUT2D eigenvalue weighted by atomic mass is 16.5. The smallest absolute Gasteiger partial charge is 0.228 e. The number of nitrogens with zero attached hydrogens (tertiary/aromatic N) is 5. The number of anilines is 3. The maximum absolute atomic E-state index is 12.0. The van der Waals surface area contributed by atoms with Gasteiger partial charge in [0.25, 0.3) is 0 Å². The molecule has 0 spiro atoms. The van der Waals surface area contributed by atoms with Crippen molar-refractivity contribution in [3.8, 4) is 11.3 Å². The van der Waals surface area contributed by atoms with Gasteiger partial charge in [-0.1, -0.05) is 13.0 Å². The average molecular weight is 469 g/mol. The summed E-state index contributed by atoms with van der Waals surface area (Å²) in [4.78, 5) is 23.9. The summed E-state index contributed by atoms with van der Waals surface area (Å²) < 4.78 is 7.66. The van der Waals surface area contributed by atoms with Crippen molar-refractivity contribution in [1.29, 1.82) is 0 Å². The van der Waals surface area contributed by atoms with E-state index in [9.17, 15) is 4.79 Å². The lowest BCUT2D eigenvalue weighted by molar-refractivity contribution is 0.0988. The molecule has 2 fully saturated rings. The van der Waals surface area contributed by atoms with E-state index in [2.05, 4.69) is 38.2 Å². The predicted molar refractivity (Wildman–Crippen MR) is 136 cm³/mol. The zero-order valence-corrected chi connectivity index (χ0v) is 19.8. The van der Waals surface area contributed by atoms with Crippen molar-refractivity contribution >= 4 is 34.1 Å². The molecule has 0 amide bonds. The van der Waals surface area contributed by atoms with E-state index in [0.29, 0.717) is 37.4 Å². The highest BCUT2D eigenvalue weighted by molar-refractivity contribution is 5.96. The third-order valence-electron chi connectivity index (χ3n) is 6.59. The summed E-state index contributed by atoms with van der Waals surface area (Å²) in [5.41, 5.74) is 4.63. The number of aromatic nitrogens is 4. The summed E-state index contributed by atoms with van der Waals surface area (Å²) >= 11 is 0. The molecule has 1 N–H and O–H groups in total. The predicted octanol–water partition coefficient (Wildman–Crippen LogP) is 5.00. The van der Waals surface area contributed by atoms with Gasteiger partial charge in [0, 0.05) is 47.8 Å². The number of fused-ring (bicyclic) bond motifs is 1. The standard InChI is InChI=1S/C27H28N6O2/c1-2-25(34)18-3-6-21(7-4-18)29-26-16-23(30-27(31-26)32-11-13-35-14-12-32)19-5-10-24-20(15-19)17-28-33(24)22-8-9-22/h3-7,10,15-17,22H,2,8-9,11-14H2,1H3,(H,29,30,31). The Balaban J connectivity index is 1.35. The van der Waals surface area contributed by atoms with Crippen molar-refractivity contribution in [2.24, 2.45) is 0 Å². The van der Waals surface area contributed by atoms with Crippen LogP contribution in [0.2, 0.25) is 0 Å². The Morgan fingerprint density at radius 2 is 1.86 bits per heavy atom. The van der Waals surface area contributed by atoms with Crippen LogP contribution < -0.4 is 10.2 Å². The molecule has 3 heterocycles. The number of ether oxygens (including phenoxy) is 1. The summed E-state index contributed by atoms with van der Waals surface area (Å²) in [7, 11) is 0. The fourth-order valence-corrected chi connectivity index (χ4v) is 4.47. The first-order valence-corrected chi connectivity index (χ1v) is 12.3. The van der Waals surface area contributed by atoms with E-state index >= 15 is 0 Å². The number of hydrogen-bond acceptors (Lipinski definition) is 7. The minimum Gasteiger partial charge on any atom is -0.378 e. The van der Waals surface area contributed by atoms with E-state index in [0.717, 1.165) is 41.0 Å². The molecule has 0 unspecified atom stereocenters. The van der Waals surface area contributed by atoms with Gasteiger partial charge in [-0.15, -0.1) is 0 Å². The third-order valence-corrected chi connectivity index (χ3v) is 6.59. The lowest BCUT2D eigenvalue weighted by atomic mass is 10.1. The maximum atomic E-state index is 12.0. The van der Waals surface area contributed by atoms with Crippen molar-refractivity contribution in [2.45, 2.75) is 32.2 Å². The van der Waals surface area contributed by atoms with Gasteiger partial charge < -0.3 is 15.0 Å². The van der Waals surface area contributed by atoms with Gasteiger partial charge in [-0.05, 0) is 49.2 Å². The van der Waals surface area contributed by atoms with E-state index < -0.39 is 0 Å². The number of benzene rings is 2. The van der Waals surface area contributed by atoms with E-state index in [1.54, 1.807) is 0 Å². The highest BCUT2D eigenvalue weighted by Crippen LogP contribution is 2.37. The molecule has 4 aromatic rings. The van der Waals surface area contributed by atoms with Crippen molar-refractivity contribution in [1.82, 2.24) is 19.7 Å². The normalized spacial score (nSPS) is 16.0. The minimum absolute atomic E-state index is 0.135. The number of nitrogens with one attached hydrogen (secondary N) is 1. The molecule has 0 atom stereocenters. The Labute approximate surface area is 203 Å². The van der Waals surface area contributed by atoms with Crippen LogP contribution in [-0.2, 0) is 4.74 Å². The summed E-state index contributed by atoms with van der Waals surface area (Å²) in [6.07, 6.45) is 4.85. The summed E-state index contributed by atoms with van der Waals surface area (Å²) in [5, 5.41) is 9.13. The van der Waals surface area contributed by atoms with E-state index in [-0.39, 0.29) is 5.78 Å². The zero-order chi connectivity index (χ0) is 23.8. The van der Waals surface area contributed by atoms with Crippen molar-refractivity contribution in [2.75, 3.05) is 36.5 Å². The number of carbonyl (C=O) groups is 1. The number of Topliss-reactive ketones (excluding diaryl/α,β-unsaturated/α-hetero) is 1. The van der Waals surface area contributed by atoms with Crippen LogP contribution in [0.3, 0.4) is 0 Å². The number of rotatable bonds is 7. The molecule has 1 aliphatic heterocycles. The number of carbonyl (C=O) groups excluding carboxylic acids is 1. The van der Waals surface area contributed by atoms with Crippen LogP contribution in [0, 0.1) is 0 Å². The third kappa shape index (κ3) is 4.49. The zero-order valence-electron chi connectivity index (χ0n) is 19.8. The molecule has 2 aromatic carbocycles. The van der Waals surface area contributed by atoms with Gasteiger partial charge in [0.2, 0.25) is 5.95 Å². The number of morpholine rings is 1. The fraction of sp³-hybridized carbons (Fsp3) is 0.333. The molecule has 1 aliphatic carbocycles. The highest BCUT2D eigenvalue weighted by Gasteiger charge is 2.26. The van der Waals surface area contributed by atoms with Crippen LogP contribution in [0.15, 0.2) is 54.7 Å². The average Bonchev–Trinajstić information content (AvgIpc) is 3.67. The second-order valence-electron chi connectivity index (χ2n) is 9.11. The Hall–Kier alpha value is -3.78. The van der Waals surface area contributed by atoms with Gasteiger partial charge in [0.1, 0.15) is 5.82 Å². The molecule has 6 rings (SSSR count). The molecule has 1 saturated carbocycles. The molecule has 8 heteroatoms. The molecule has 1 saturated heterocycles. The SMILES string of the molecule is CCC(=O)c1ccc(Nc2cc(-c3ccc4c(cnn4C4CC4)c3)nc(N3CCOCC3)n2)cc1. The second kappa shape index (κ2) is 9.11. The Morgan fingerprint density at radius 3 is 2.60 bits per heavy atom. The van der Waals surface area contributed by atoms with Gasteiger partial charge in [-0.25, -0.2) is 4.98 Å². The Bertz CT molecular complexity index is 1370. The summed E-state index contributed by atoms with van der Waals surface area (Å²) in [6.45, 7) is 4.71. The van der Waals surface area contributed by atoms with Crippen LogP contribution in [-0.4, -0.2) is 51.8 Å². The first-order chi connectivity index (χ1) is 17.2. The molecule has 8 nitrogen and oxygen atoms in total. The van der Waals surface area contributed by atoms with Gasteiger partial charge in [-0.3, -0.25) is 9.48 Å². The topological polar surface area (TPSA) is 85.2 Å². The summed E-state index contributed by atoms with van der Waals surface area (Å²) in [5.74, 6) is 1.52. The van der Waals surface area contributed by atoms with E-state index in [1.165, 1.54) is 18.4 Å². The molecular weight excluding hydrogens is 440 g/mol. The van der Waals surface area contributed by atoms with Crippen LogP contribution in [0.4, 0.5) is 17.5 Å². The Kier molecular flexibility index (Phi) is 5.66. The molecule has 0 radical (unpaired) electrons.